The molecule has 0 N–H and O–H groups in total. The summed E-state index contributed by atoms with van der Waals surface area (Å²) in [6, 6.07) is 36.0. The Morgan fingerprint density at radius 2 is 1.27 bits per heavy atom. The van der Waals surface area contributed by atoms with E-state index in [1.54, 1.807) is 29.0 Å². The molecular formula is C64H61N4OPt-3. The molecule has 0 saturated heterocycles. The molecule has 0 fully saturated rings. The van der Waals surface area contributed by atoms with Crippen LogP contribution in [0.25, 0.3) is 49.9 Å². The quantitative estimate of drug-likeness (QED) is 0.149. The molecular weight excluding hydrogens is 1040 g/mol. The van der Waals surface area contributed by atoms with Crippen LogP contribution >= 0.6 is 0 Å². The molecule has 356 valence electrons. The van der Waals surface area contributed by atoms with Gasteiger partial charge in [-0.05, 0) is 116 Å². The van der Waals surface area contributed by atoms with Crippen molar-refractivity contribution in [2.75, 3.05) is 9.80 Å². The van der Waals surface area contributed by atoms with Crippen LogP contribution in [0.4, 0.5) is 22.7 Å². The fourth-order valence-electron chi connectivity index (χ4n) is 10.0. The number of fused-ring (bicyclic) bond motifs is 5. The van der Waals surface area contributed by atoms with E-state index in [4.69, 9.17) is 19.3 Å². The number of benzene rings is 7. The minimum absolute atomic E-state index is 0. The summed E-state index contributed by atoms with van der Waals surface area (Å²) in [5.74, 6) is 1.16. The Hall–Kier alpha value is -6.42. The van der Waals surface area contributed by atoms with Crippen molar-refractivity contribution < 1.29 is 38.1 Å². The number of para-hydroxylation sites is 3. The third kappa shape index (κ3) is 8.34. The van der Waals surface area contributed by atoms with Gasteiger partial charge in [0.05, 0.1) is 12.3 Å². The van der Waals surface area contributed by atoms with Gasteiger partial charge in [-0.25, -0.2) is 4.98 Å². The van der Waals surface area contributed by atoms with Crippen molar-refractivity contribution in [3.8, 4) is 39.6 Å². The van der Waals surface area contributed by atoms with Crippen LogP contribution in [0.15, 0.2) is 158 Å². The summed E-state index contributed by atoms with van der Waals surface area (Å²) >= 11 is 0. The monoisotopic (exact) mass is 1110 g/mol. The number of nitrogens with zero attached hydrogens (tertiary/aromatic N) is 4. The summed E-state index contributed by atoms with van der Waals surface area (Å²) in [7, 11) is 0. The second-order valence-electron chi connectivity index (χ2n) is 21.8. The summed E-state index contributed by atoms with van der Waals surface area (Å²) in [5, 5.41) is 0.919. The van der Waals surface area contributed by atoms with Crippen LogP contribution in [-0.4, -0.2) is 9.55 Å². The summed E-state index contributed by atoms with van der Waals surface area (Å²) in [6.45, 7) is 23.9. The van der Waals surface area contributed by atoms with Crippen molar-refractivity contribution in [2.24, 2.45) is 0 Å². The van der Waals surface area contributed by atoms with Crippen molar-refractivity contribution in [1.82, 2.24) is 9.55 Å². The summed E-state index contributed by atoms with van der Waals surface area (Å²) < 4.78 is 88.9. The predicted molar refractivity (Wildman–Crippen MR) is 288 cm³/mol. The molecule has 0 atom stereocenters. The molecule has 7 aromatic carbocycles. The molecule has 5 nitrogen and oxygen atoms in total. The third-order valence-electron chi connectivity index (χ3n) is 14.1. The van der Waals surface area contributed by atoms with Gasteiger partial charge in [-0.3, -0.25) is 0 Å². The summed E-state index contributed by atoms with van der Waals surface area (Å²) in [5.41, 5.74) is 9.75. The maximum absolute atomic E-state index is 9.42. The fourth-order valence-corrected chi connectivity index (χ4v) is 10.0. The van der Waals surface area contributed by atoms with E-state index in [2.05, 4.69) is 111 Å². The van der Waals surface area contributed by atoms with E-state index in [9.17, 15) is 2.74 Å². The molecule has 0 spiro atoms. The molecule has 3 heterocycles. The van der Waals surface area contributed by atoms with E-state index in [1.807, 2.05) is 66.2 Å². The SMILES string of the molecule is [2H]c1c([2H])c([2H])c(-c2cc(C(C)(C)C)cc(-c3ccc4c(c3)C(C)(C)CCC4(C)C)c2N2[CH-]N(c3[c-]c(Oc4[c-]c5c(cc4)c4c([2H])c([2H])c([2H])c([2H])c4n5-c4cc(C(C)(C)C)ccn4)ccc3)c3ccccc32)c([2H])c1[2H].[Pt]. The van der Waals surface area contributed by atoms with E-state index in [-0.39, 0.29) is 84.6 Å². The Kier molecular flexibility index (Phi) is 9.33. The van der Waals surface area contributed by atoms with Crippen LogP contribution in [-0.2, 0) is 42.7 Å². The molecule has 11 rings (SSSR count). The van der Waals surface area contributed by atoms with Crippen molar-refractivity contribution >= 4 is 44.6 Å². The zero-order valence-electron chi connectivity index (χ0n) is 50.3. The van der Waals surface area contributed by atoms with Crippen molar-refractivity contribution in [3.05, 3.63) is 199 Å². The van der Waals surface area contributed by atoms with Crippen LogP contribution in [0.1, 0.15) is 117 Å². The first-order valence-corrected chi connectivity index (χ1v) is 23.8. The second kappa shape index (κ2) is 17.5. The number of ether oxygens (including phenoxy) is 1. The molecule has 0 amide bonds. The molecule has 0 bridgehead atoms. The van der Waals surface area contributed by atoms with Gasteiger partial charge in [0.15, 0.2) is 0 Å². The zero-order valence-corrected chi connectivity index (χ0v) is 43.6. The smallest absolute Gasteiger partial charge is 0.135 e. The van der Waals surface area contributed by atoms with E-state index in [0.717, 1.165) is 46.5 Å². The molecule has 2 aromatic heterocycles. The Morgan fingerprint density at radius 1 is 0.614 bits per heavy atom. The minimum Gasteiger partial charge on any atom is -0.509 e. The van der Waals surface area contributed by atoms with Gasteiger partial charge in [0.2, 0.25) is 0 Å². The van der Waals surface area contributed by atoms with Gasteiger partial charge in [-0.2, -0.15) is 12.1 Å². The van der Waals surface area contributed by atoms with Gasteiger partial charge in [0, 0.05) is 72.5 Å². The molecule has 2 aliphatic rings. The molecule has 6 heteroatoms. The van der Waals surface area contributed by atoms with Gasteiger partial charge in [0.1, 0.15) is 5.82 Å². The average molecular weight is 1110 g/mol. The summed E-state index contributed by atoms with van der Waals surface area (Å²) in [4.78, 5) is 8.81. The minimum atomic E-state index is -0.457. The first kappa shape index (κ1) is 37.4. The van der Waals surface area contributed by atoms with Gasteiger partial charge in [0.25, 0.3) is 0 Å². The number of pyridine rings is 1. The molecule has 1 aliphatic carbocycles. The maximum atomic E-state index is 9.42. The van der Waals surface area contributed by atoms with Crippen LogP contribution in [0.3, 0.4) is 0 Å². The van der Waals surface area contributed by atoms with Crippen molar-refractivity contribution in [2.45, 2.75) is 104 Å². The van der Waals surface area contributed by atoms with Crippen LogP contribution < -0.4 is 14.5 Å². The van der Waals surface area contributed by atoms with Gasteiger partial charge in [-0.15, -0.1) is 48.1 Å². The van der Waals surface area contributed by atoms with E-state index >= 15 is 0 Å². The Morgan fingerprint density at radius 3 is 2.00 bits per heavy atom. The molecule has 0 radical (unpaired) electrons. The number of anilines is 4. The Labute approximate surface area is 442 Å². The van der Waals surface area contributed by atoms with Crippen LogP contribution in [0.5, 0.6) is 11.5 Å². The maximum Gasteiger partial charge on any atom is 0.135 e. The number of hydrogen-bond donors (Lipinski definition) is 0. The number of aromatic nitrogens is 2. The summed E-state index contributed by atoms with van der Waals surface area (Å²) in [6.07, 6.45) is 3.78. The third-order valence-corrected chi connectivity index (χ3v) is 14.1. The standard InChI is InChI=1S/C64H61N4O.Pt/c1-61(2,3)44-31-34-65-59(38-44)68-55-24-15-14-23-49(55)50-29-28-48(40-58(50)68)69-47-22-18-21-46(39-47)66-41-67(57-26-17-16-25-56(57)66)60-51(42-19-12-11-13-20-42)36-45(62(4,5)6)37-52(60)43-27-30-53-54(35-43)64(9,10)33-32-63(53,7)8;/h11-31,34-38,41H,32-33H2,1-10H3;/q-3;/i11D,12D,13D,14D,15D,19D,20D,23D,24D;. The van der Waals surface area contributed by atoms with E-state index < -0.39 is 23.5 Å². The van der Waals surface area contributed by atoms with Crippen molar-refractivity contribution in [3.63, 3.8) is 0 Å². The second-order valence-corrected chi connectivity index (χ2v) is 21.8. The van der Waals surface area contributed by atoms with Gasteiger partial charge in [-0.1, -0.05) is 153 Å². The normalized spacial score (nSPS) is 17.0. The molecule has 0 saturated carbocycles. The number of rotatable bonds is 7. The van der Waals surface area contributed by atoms with Gasteiger partial charge >= 0.3 is 0 Å². The Balaban J connectivity index is 0.00000704. The van der Waals surface area contributed by atoms with Crippen molar-refractivity contribution in [1.29, 1.82) is 0 Å². The molecule has 1 aliphatic heterocycles. The molecule has 9 aromatic rings. The average Bonchev–Trinajstić information content (AvgIpc) is 4.12. The topological polar surface area (TPSA) is 33.5 Å². The largest absolute Gasteiger partial charge is 0.509 e. The Bertz CT molecular complexity index is 3960. The number of hydrogen-bond acceptors (Lipinski definition) is 4. The fraction of sp³-hybridized carbons (Fsp3) is 0.250. The first-order chi connectivity index (χ1) is 36.7. The van der Waals surface area contributed by atoms with Gasteiger partial charge < -0.3 is 19.1 Å². The molecule has 0 unspecified atom stereocenters. The first-order valence-electron chi connectivity index (χ1n) is 28.3. The predicted octanol–water partition coefficient (Wildman–Crippen LogP) is 17.3. The van der Waals surface area contributed by atoms with Crippen LogP contribution in [0, 0.1) is 18.8 Å². The van der Waals surface area contributed by atoms with E-state index in [0.29, 0.717) is 50.5 Å². The zero-order chi connectivity index (χ0) is 55.9. The van der Waals surface area contributed by atoms with Crippen LogP contribution in [0.2, 0.25) is 0 Å². The van der Waals surface area contributed by atoms with E-state index in [1.165, 1.54) is 11.1 Å². The molecule has 70 heavy (non-hydrogen) atoms.